The second kappa shape index (κ2) is 5.55. The summed E-state index contributed by atoms with van der Waals surface area (Å²) in [7, 11) is 0. The van der Waals surface area contributed by atoms with E-state index in [-0.39, 0.29) is 30.5 Å². The van der Waals surface area contributed by atoms with E-state index < -0.39 is 26.6 Å². The van der Waals surface area contributed by atoms with E-state index in [1.54, 1.807) is 0 Å². The van der Waals surface area contributed by atoms with Crippen molar-refractivity contribution in [3.05, 3.63) is 45.9 Å². The zero-order valence-electron chi connectivity index (χ0n) is 9.12. The third-order valence-corrected chi connectivity index (χ3v) is 5.01. The van der Waals surface area contributed by atoms with E-state index in [0.29, 0.717) is 0 Å². The Bertz CT molecular complexity index is 595. The van der Waals surface area contributed by atoms with Gasteiger partial charge in [-0.1, -0.05) is 0 Å². The van der Waals surface area contributed by atoms with E-state index in [1.807, 2.05) is 0 Å². The van der Waals surface area contributed by atoms with Crippen molar-refractivity contribution < 1.29 is 19.0 Å². The van der Waals surface area contributed by atoms with Gasteiger partial charge in [-0.25, -0.2) is 0 Å². The molecule has 7 heteroatoms. The number of rotatable bonds is 2. The van der Waals surface area contributed by atoms with Gasteiger partial charge in [0.05, 0.1) is 0 Å². The molecule has 0 aliphatic heterocycles. The first-order valence-corrected chi connectivity index (χ1v) is 7.39. The molecule has 0 bridgehead atoms. The van der Waals surface area contributed by atoms with Gasteiger partial charge in [0.1, 0.15) is 0 Å². The average Bonchev–Trinajstić information content (AvgIpc) is 2.31. The third-order valence-electron chi connectivity index (χ3n) is 2.21. The summed E-state index contributed by atoms with van der Waals surface area (Å²) >= 11 is 10.5. The van der Waals surface area contributed by atoms with Crippen molar-refractivity contribution in [3.63, 3.8) is 0 Å². The maximum atomic E-state index is 13.2. The number of benzene rings is 2. The van der Waals surface area contributed by atoms with Crippen LogP contribution in [0.3, 0.4) is 0 Å². The molecule has 2 nitrogen and oxygen atoms in total. The maximum absolute atomic E-state index is 13.2. The molecule has 0 fully saturated rings. The van der Waals surface area contributed by atoms with Gasteiger partial charge in [-0.2, -0.15) is 0 Å². The predicted octanol–water partition coefficient (Wildman–Crippen LogP) is 2.34. The van der Waals surface area contributed by atoms with Crippen LogP contribution in [0, 0.1) is 11.6 Å². The zero-order chi connectivity index (χ0) is 14.2. The van der Waals surface area contributed by atoms with Crippen LogP contribution < -0.4 is 8.92 Å². The molecule has 2 N–H and O–H groups in total. The molecule has 100 valence electrons. The Hall–Kier alpha value is -1.00. The average molecular weight is 370 g/mol. The van der Waals surface area contributed by atoms with Gasteiger partial charge in [0, 0.05) is 0 Å². The Balaban J connectivity index is 2.47. The fourth-order valence-electron chi connectivity index (χ4n) is 1.36. The van der Waals surface area contributed by atoms with Crippen LogP contribution in [0.4, 0.5) is 8.78 Å². The molecule has 0 saturated carbocycles. The topological polar surface area (TPSA) is 40.5 Å². The molecule has 19 heavy (non-hydrogen) atoms. The van der Waals surface area contributed by atoms with Crippen molar-refractivity contribution in [1.29, 1.82) is 0 Å². The van der Waals surface area contributed by atoms with Crippen LogP contribution in [0.2, 0.25) is 10.0 Å². The predicted molar refractivity (Wildman–Crippen MR) is 71.2 cm³/mol. The van der Waals surface area contributed by atoms with Gasteiger partial charge in [-0.3, -0.25) is 0 Å². The van der Waals surface area contributed by atoms with Crippen molar-refractivity contribution in [2.45, 2.75) is 0 Å². The summed E-state index contributed by atoms with van der Waals surface area (Å²) in [5.41, 5.74) is 0. The molecule has 2 rings (SSSR count). The Morgan fingerprint density at radius 2 is 1.16 bits per heavy atom. The van der Waals surface area contributed by atoms with Crippen LogP contribution in [-0.2, 0) is 0 Å². The first-order chi connectivity index (χ1) is 8.88. The Labute approximate surface area is 123 Å². The SMILES string of the molecule is Oc1c(Cl)cc(F)cc1[Se]c1cc(F)cc(Cl)c1O. The van der Waals surface area contributed by atoms with E-state index in [4.69, 9.17) is 23.2 Å². The van der Waals surface area contributed by atoms with Gasteiger partial charge in [-0.05, 0) is 0 Å². The molecule has 2 aromatic carbocycles. The van der Waals surface area contributed by atoms with Crippen LogP contribution in [0.15, 0.2) is 24.3 Å². The van der Waals surface area contributed by atoms with Gasteiger partial charge < -0.3 is 0 Å². The monoisotopic (exact) mass is 370 g/mol. The van der Waals surface area contributed by atoms with Gasteiger partial charge in [-0.15, -0.1) is 0 Å². The van der Waals surface area contributed by atoms with E-state index in [2.05, 4.69) is 0 Å². The second-order valence-corrected chi connectivity index (χ2v) is 6.66. The minimum atomic E-state index is -0.744. The number of phenols is 2. The van der Waals surface area contributed by atoms with Crippen LogP contribution >= 0.6 is 23.2 Å². The molecule has 0 aliphatic rings. The van der Waals surface area contributed by atoms with Crippen molar-refractivity contribution >= 4 is 47.1 Å². The van der Waals surface area contributed by atoms with Crippen LogP contribution in [0.25, 0.3) is 0 Å². The summed E-state index contributed by atoms with van der Waals surface area (Å²) in [6.45, 7) is 0. The van der Waals surface area contributed by atoms with Crippen molar-refractivity contribution in [2.24, 2.45) is 0 Å². The minimum absolute atomic E-state index is 0.140. The molecular formula is C12H6Cl2F2O2Se. The summed E-state index contributed by atoms with van der Waals surface area (Å²) < 4.78 is 26.8. The van der Waals surface area contributed by atoms with Crippen LogP contribution in [-0.4, -0.2) is 25.2 Å². The van der Waals surface area contributed by atoms with Crippen molar-refractivity contribution in [3.8, 4) is 11.5 Å². The zero-order valence-corrected chi connectivity index (χ0v) is 12.3. The van der Waals surface area contributed by atoms with Crippen LogP contribution in [0.5, 0.6) is 11.5 Å². The van der Waals surface area contributed by atoms with Gasteiger partial charge >= 0.3 is 124 Å². The summed E-state index contributed by atoms with van der Waals surface area (Å²) in [5.74, 6) is -1.82. The summed E-state index contributed by atoms with van der Waals surface area (Å²) in [6, 6.07) is 4.10. The number of aromatic hydroxyl groups is 2. The van der Waals surface area contributed by atoms with Gasteiger partial charge in [0.15, 0.2) is 0 Å². The summed E-state index contributed by atoms with van der Waals surface area (Å²) in [6.07, 6.45) is 0. The van der Waals surface area contributed by atoms with E-state index in [1.165, 1.54) is 0 Å². The molecule has 2 aromatic rings. The fraction of sp³-hybridized carbons (Fsp3) is 0. The van der Waals surface area contributed by atoms with Gasteiger partial charge in [0.25, 0.3) is 0 Å². The number of hydrogen-bond acceptors (Lipinski definition) is 2. The molecule has 0 heterocycles. The first kappa shape index (κ1) is 14.4. The standard InChI is InChI=1S/C12H6Cl2F2O2Se/c13-7-1-5(15)3-9(11(7)17)19-10-4-6(16)2-8(14)12(10)18/h1-4,17-18H. The molecule has 0 saturated heterocycles. The van der Waals surface area contributed by atoms with Crippen LogP contribution in [0.1, 0.15) is 0 Å². The Morgan fingerprint density at radius 3 is 1.53 bits per heavy atom. The van der Waals surface area contributed by atoms with Crippen molar-refractivity contribution in [1.82, 2.24) is 0 Å². The first-order valence-electron chi connectivity index (χ1n) is 4.92. The number of halogens is 4. The number of phenolic OH excluding ortho intramolecular Hbond substituents is 2. The molecule has 0 aromatic heterocycles. The molecule has 0 radical (unpaired) electrons. The Kier molecular flexibility index (Phi) is 4.21. The number of hydrogen-bond donors (Lipinski definition) is 2. The Morgan fingerprint density at radius 1 is 0.789 bits per heavy atom. The fourth-order valence-corrected chi connectivity index (χ4v) is 4.11. The summed E-state index contributed by atoms with van der Waals surface area (Å²) in [4.78, 5) is 0. The molecule has 0 atom stereocenters. The molecule has 0 amide bonds. The molecule has 0 spiro atoms. The molecule has 0 aliphatic carbocycles. The van der Waals surface area contributed by atoms with E-state index in [0.717, 1.165) is 24.3 Å². The van der Waals surface area contributed by atoms with Crippen molar-refractivity contribution in [2.75, 3.05) is 0 Å². The molecule has 0 unspecified atom stereocenters. The van der Waals surface area contributed by atoms with E-state index in [9.17, 15) is 19.0 Å². The quantitative estimate of drug-likeness (QED) is 0.797. The summed E-state index contributed by atoms with van der Waals surface area (Å²) in [5, 5.41) is 19.2. The van der Waals surface area contributed by atoms with E-state index >= 15 is 0 Å². The third kappa shape index (κ3) is 3.12. The normalized spacial score (nSPS) is 10.7. The van der Waals surface area contributed by atoms with Gasteiger partial charge in [0.2, 0.25) is 0 Å². The second-order valence-electron chi connectivity index (χ2n) is 3.57. The molecular weight excluding hydrogens is 364 g/mol.